The molecular formula is C72H53N. The Morgan fingerprint density at radius 3 is 1.18 bits per heavy atom. The highest BCUT2D eigenvalue weighted by molar-refractivity contribution is 5.91. The van der Waals surface area contributed by atoms with Crippen LogP contribution in [0.1, 0.15) is 70.8 Å². The van der Waals surface area contributed by atoms with Gasteiger partial charge in [0, 0.05) is 27.9 Å². The second-order valence-electron chi connectivity index (χ2n) is 20.9. The first-order chi connectivity index (χ1) is 35.8. The van der Waals surface area contributed by atoms with Gasteiger partial charge in [0.15, 0.2) is 0 Å². The van der Waals surface area contributed by atoms with E-state index < -0.39 is 5.41 Å². The maximum atomic E-state index is 2.46. The highest BCUT2D eigenvalue weighted by atomic mass is 15.1. The van der Waals surface area contributed by atoms with Gasteiger partial charge in [-0.3, -0.25) is 0 Å². The molecule has 0 saturated heterocycles. The van der Waals surface area contributed by atoms with Crippen molar-refractivity contribution in [2.24, 2.45) is 0 Å². The largest absolute Gasteiger partial charge is 0.310 e. The molecule has 73 heavy (non-hydrogen) atoms. The van der Waals surface area contributed by atoms with E-state index in [1.807, 2.05) is 0 Å². The summed E-state index contributed by atoms with van der Waals surface area (Å²) in [6.45, 7) is 7.13. The zero-order valence-electron chi connectivity index (χ0n) is 41.4. The van der Waals surface area contributed by atoms with E-state index in [0.717, 1.165) is 17.1 Å². The molecule has 0 fully saturated rings. The van der Waals surface area contributed by atoms with Crippen LogP contribution in [0.4, 0.5) is 17.1 Å². The fourth-order valence-electron chi connectivity index (χ4n) is 13.3. The van der Waals surface area contributed by atoms with Crippen molar-refractivity contribution in [1.29, 1.82) is 0 Å². The lowest BCUT2D eigenvalue weighted by atomic mass is 9.67. The lowest BCUT2D eigenvalue weighted by molar-refractivity contribution is 0.660. The smallest absolute Gasteiger partial charge is 0.0713 e. The molecule has 14 rings (SSSR count). The highest BCUT2D eigenvalue weighted by Gasteiger charge is 2.46. The van der Waals surface area contributed by atoms with Crippen LogP contribution in [0.15, 0.2) is 267 Å². The molecule has 346 valence electrons. The third-order valence-corrected chi connectivity index (χ3v) is 16.9. The van der Waals surface area contributed by atoms with Crippen LogP contribution in [0.2, 0.25) is 0 Å². The van der Waals surface area contributed by atoms with E-state index in [-0.39, 0.29) is 10.8 Å². The molecule has 1 nitrogen and oxygen atoms in total. The van der Waals surface area contributed by atoms with E-state index >= 15 is 0 Å². The molecule has 0 N–H and O–H groups in total. The maximum Gasteiger partial charge on any atom is 0.0713 e. The zero-order chi connectivity index (χ0) is 48.9. The van der Waals surface area contributed by atoms with Crippen LogP contribution in [0.5, 0.6) is 0 Å². The zero-order valence-corrected chi connectivity index (χ0v) is 41.4. The third kappa shape index (κ3) is 6.35. The summed E-state index contributed by atoms with van der Waals surface area (Å²) in [5, 5.41) is 0. The Kier molecular flexibility index (Phi) is 9.66. The molecule has 0 radical (unpaired) electrons. The second kappa shape index (κ2) is 16.4. The highest BCUT2D eigenvalue weighted by Crippen LogP contribution is 2.58. The molecule has 1 atom stereocenters. The van der Waals surface area contributed by atoms with Crippen molar-refractivity contribution >= 4 is 17.1 Å². The van der Waals surface area contributed by atoms with Gasteiger partial charge in [-0.05, 0) is 161 Å². The Morgan fingerprint density at radius 1 is 0.247 bits per heavy atom. The van der Waals surface area contributed by atoms with Gasteiger partial charge in [0.05, 0.1) is 5.41 Å². The molecule has 0 aliphatic heterocycles. The van der Waals surface area contributed by atoms with Crippen LogP contribution in [0.25, 0.3) is 55.6 Å². The second-order valence-corrected chi connectivity index (χ2v) is 20.9. The van der Waals surface area contributed by atoms with Gasteiger partial charge in [-0.25, -0.2) is 0 Å². The summed E-state index contributed by atoms with van der Waals surface area (Å²) >= 11 is 0. The Morgan fingerprint density at radius 2 is 0.616 bits per heavy atom. The summed E-state index contributed by atoms with van der Waals surface area (Å²) in [5.74, 6) is 0. The van der Waals surface area contributed by atoms with Gasteiger partial charge in [-0.2, -0.15) is 0 Å². The Balaban J connectivity index is 0.873. The lowest BCUT2D eigenvalue weighted by Gasteiger charge is -2.34. The Bertz CT molecular complexity index is 3880. The van der Waals surface area contributed by atoms with E-state index in [1.165, 1.54) is 106 Å². The van der Waals surface area contributed by atoms with Crippen molar-refractivity contribution in [3.8, 4) is 55.6 Å². The number of hydrogen-bond acceptors (Lipinski definition) is 1. The average molecular weight is 932 g/mol. The van der Waals surface area contributed by atoms with E-state index in [0.29, 0.717) is 0 Å². The van der Waals surface area contributed by atoms with E-state index in [4.69, 9.17) is 0 Å². The van der Waals surface area contributed by atoms with Crippen LogP contribution in [0.3, 0.4) is 0 Å². The number of hydrogen-bond donors (Lipinski definition) is 0. The minimum atomic E-state index is -0.458. The van der Waals surface area contributed by atoms with Crippen LogP contribution >= 0.6 is 0 Å². The molecule has 3 aliphatic carbocycles. The summed E-state index contributed by atoms with van der Waals surface area (Å²) < 4.78 is 0. The molecule has 1 heteroatoms. The van der Waals surface area contributed by atoms with Gasteiger partial charge in [0.1, 0.15) is 0 Å². The van der Waals surface area contributed by atoms with Gasteiger partial charge in [0.2, 0.25) is 0 Å². The van der Waals surface area contributed by atoms with Crippen molar-refractivity contribution in [2.45, 2.75) is 37.0 Å². The van der Waals surface area contributed by atoms with Gasteiger partial charge in [0.25, 0.3) is 0 Å². The fourth-order valence-corrected chi connectivity index (χ4v) is 13.3. The molecule has 11 aromatic rings. The van der Waals surface area contributed by atoms with Crippen LogP contribution in [-0.4, -0.2) is 0 Å². The molecule has 3 aliphatic rings. The molecule has 11 aromatic carbocycles. The van der Waals surface area contributed by atoms with Gasteiger partial charge in [-0.15, -0.1) is 0 Å². The van der Waals surface area contributed by atoms with Crippen LogP contribution in [0, 0.1) is 0 Å². The van der Waals surface area contributed by atoms with Crippen molar-refractivity contribution in [2.75, 3.05) is 4.90 Å². The molecule has 0 amide bonds. The standard InChI is InChI=1S/C72H53N/c1-70(2)64-28-16-13-25-58(64)61-44-41-57(47-67(61)70)73(55-37-31-48(32-38-55)50-35-42-62-59-26-14-17-29-65(59)71(3,68(62)45-50)52-19-7-4-8-20-52)56-39-33-49(34-40-56)51-36-43-63-60-27-15-18-30-66(60)72(69(63)46-51,53-21-9-5-10-22-53)54-23-11-6-12-24-54/h4-47H,1-3H3. The van der Waals surface area contributed by atoms with Crippen molar-refractivity contribution < 1.29 is 0 Å². The molecule has 0 aromatic heterocycles. The number of anilines is 3. The fraction of sp³-hybridized carbons (Fsp3) is 0.0833. The summed E-state index contributed by atoms with van der Waals surface area (Å²) in [6.07, 6.45) is 0. The minimum Gasteiger partial charge on any atom is -0.310 e. The summed E-state index contributed by atoms with van der Waals surface area (Å²) in [6, 6.07) is 99.8. The minimum absolute atomic E-state index is 0.134. The number of benzene rings is 11. The lowest BCUT2D eigenvalue weighted by Crippen LogP contribution is -2.28. The van der Waals surface area contributed by atoms with Gasteiger partial charge < -0.3 is 4.90 Å². The monoisotopic (exact) mass is 931 g/mol. The summed E-state index contributed by atoms with van der Waals surface area (Å²) in [7, 11) is 0. The number of rotatable bonds is 8. The first-order valence-electron chi connectivity index (χ1n) is 25.7. The van der Waals surface area contributed by atoms with E-state index in [9.17, 15) is 0 Å². The maximum absolute atomic E-state index is 2.46. The number of nitrogens with zero attached hydrogens (tertiary/aromatic N) is 1. The molecule has 0 spiro atoms. The topological polar surface area (TPSA) is 3.24 Å². The molecule has 1 unspecified atom stereocenters. The van der Waals surface area contributed by atoms with E-state index in [1.54, 1.807) is 0 Å². The van der Waals surface area contributed by atoms with Crippen LogP contribution in [-0.2, 0) is 16.2 Å². The first-order valence-corrected chi connectivity index (χ1v) is 25.7. The van der Waals surface area contributed by atoms with Crippen molar-refractivity contribution in [3.05, 3.63) is 317 Å². The first kappa shape index (κ1) is 43.0. The van der Waals surface area contributed by atoms with Crippen molar-refractivity contribution in [3.63, 3.8) is 0 Å². The summed E-state index contributed by atoms with van der Waals surface area (Å²) in [4.78, 5) is 2.44. The quantitative estimate of drug-likeness (QED) is 0.147. The van der Waals surface area contributed by atoms with Gasteiger partial charge >= 0.3 is 0 Å². The molecule has 0 saturated carbocycles. The predicted molar refractivity (Wildman–Crippen MR) is 304 cm³/mol. The normalized spacial score (nSPS) is 15.9. The predicted octanol–water partition coefficient (Wildman–Crippen LogP) is 18.5. The van der Waals surface area contributed by atoms with Gasteiger partial charge in [-0.1, -0.05) is 232 Å². The third-order valence-electron chi connectivity index (χ3n) is 16.9. The SMILES string of the molecule is CC1(C)c2ccccc2-c2ccc(N(c3ccc(-c4ccc5c(c4)C(C)(c4ccccc4)c4ccccc4-5)cc3)c3ccc(-c4ccc5c(c4)C(c4ccccc4)(c4ccccc4)c4ccccc4-5)cc3)cc21. The average Bonchev–Trinajstić information content (AvgIpc) is 3.99. The Hall–Kier alpha value is -8.78. The van der Waals surface area contributed by atoms with Crippen LogP contribution < -0.4 is 4.90 Å². The number of fused-ring (bicyclic) bond motifs is 9. The molecule has 0 bridgehead atoms. The molecular weight excluding hydrogens is 879 g/mol. The van der Waals surface area contributed by atoms with E-state index in [2.05, 4.69) is 293 Å². The Labute approximate surface area is 429 Å². The molecule has 0 heterocycles. The van der Waals surface area contributed by atoms with Crippen molar-refractivity contribution in [1.82, 2.24) is 0 Å². The summed E-state index contributed by atoms with van der Waals surface area (Å²) in [5.41, 5.74) is 27.1.